The summed E-state index contributed by atoms with van der Waals surface area (Å²) in [5, 5.41) is 9.02. The highest BCUT2D eigenvalue weighted by molar-refractivity contribution is 5.61. The zero-order valence-electron chi connectivity index (χ0n) is 7.09. The Morgan fingerprint density at radius 3 is 1.92 bits per heavy atom. The second-order valence-electron chi connectivity index (χ2n) is 2.83. The fourth-order valence-corrected chi connectivity index (χ4v) is 1.24. The van der Waals surface area contributed by atoms with Crippen LogP contribution in [0.2, 0.25) is 0 Å². The zero-order valence-corrected chi connectivity index (χ0v) is 7.09. The van der Waals surface area contributed by atoms with Crippen LogP contribution in [0.15, 0.2) is 54.9 Å². The molecule has 1 heterocycles. The van der Waals surface area contributed by atoms with Crippen LogP contribution in [-0.4, -0.2) is 5.21 Å². The van der Waals surface area contributed by atoms with E-state index in [0.717, 1.165) is 15.9 Å². The molecule has 0 radical (unpaired) electrons. The van der Waals surface area contributed by atoms with E-state index in [-0.39, 0.29) is 0 Å². The first-order valence-electron chi connectivity index (χ1n) is 4.12. The summed E-state index contributed by atoms with van der Waals surface area (Å²) >= 11 is 0. The molecule has 2 nitrogen and oxygen atoms in total. The topological polar surface area (TPSA) is 24.1 Å². The lowest BCUT2D eigenvalue weighted by Gasteiger charge is -1.97. The Morgan fingerprint density at radius 1 is 0.769 bits per heavy atom. The minimum Gasteiger partial charge on any atom is -0.285 e. The quantitative estimate of drug-likeness (QED) is 0.515. The van der Waals surface area contributed by atoms with E-state index in [1.54, 1.807) is 12.4 Å². The molecule has 2 heteroatoms. The van der Waals surface area contributed by atoms with Crippen LogP contribution >= 0.6 is 0 Å². The van der Waals surface area contributed by atoms with Gasteiger partial charge >= 0.3 is 0 Å². The Kier molecular flexibility index (Phi) is 1.96. The molecule has 0 unspecified atom stereocenters. The smallest absolute Gasteiger partial charge is 0.222 e. The van der Waals surface area contributed by atoms with Crippen molar-refractivity contribution in [2.45, 2.75) is 0 Å². The summed E-state index contributed by atoms with van der Waals surface area (Å²) in [7, 11) is 0. The summed E-state index contributed by atoms with van der Waals surface area (Å²) in [4.78, 5) is 0. The summed E-state index contributed by atoms with van der Waals surface area (Å²) in [6, 6.07) is 13.8. The molecule has 2 rings (SSSR count). The van der Waals surface area contributed by atoms with Crippen LogP contribution in [-0.2, 0) is 0 Å². The van der Waals surface area contributed by atoms with Crippen LogP contribution in [0.3, 0.4) is 0 Å². The molecule has 0 amide bonds. The molecule has 0 aliphatic carbocycles. The molecular formula is C11H10NO+. The monoisotopic (exact) mass is 172 g/mol. The van der Waals surface area contributed by atoms with E-state index in [4.69, 9.17) is 5.21 Å². The number of hydrogen-bond acceptors (Lipinski definition) is 1. The van der Waals surface area contributed by atoms with E-state index in [2.05, 4.69) is 0 Å². The van der Waals surface area contributed by atoms with Gasteiger partial charge in [-0.25, -0.2) is 0 Å². The van der Waals surface area contributed by atoms with Crippen molar-refractivity contribution in [1.82, 2.24) is 0 Å². The van der Waals surface area contributed by atoms with Crippen LogP contribution in [0.5, 0.6) is 0 Å². The van der Waals surface area contributed by atoms with Crippen molar-refractivity contribution >= 4 is 0 Å². The van der Waals surface area contributed by atoms with Crippen LogP contribution < -0.4 is 4.73 Å². The zero-order chi connectivity index (χ0) is 9.10. The maximum Gasteiger partial charge on any atom is 0.222 e. The van der Waals surface area contributed by atoms with Gasteiger partial charge in [0.2, 0.25) is 12.4 Å². The first kappa shape index (κ1) is 7.80. The van der Waals surface area contributed by atoms with Crippen molar-refractivity contribution in [3.05, 3.63) is 54.9 Å². The van der Waals surface area contributed by atoms with E-state index in [0.29, 0.717) is 0 Å². The highest BCUT2D eigenvalue weighted by Crippen LogP contribution is 2.16. The van der Waals surface area contributed by atoms with Gasteiger partial charge in [-0.15, -0.1) is 0 Å². The highest BCUT2D eigenvalue weighted by atomic mass is 16.5. The van der Waals surface area contributed by atoms with E-state index in [1.165, 1.54) is 0 Å². The van der Waals surface area contributed by atoms with Crippen molar-refractivity contribution in [2.24, 2.45) is 0 Å². The van der Waals surface area contributed by atoms with Gasteiger partial charge in [0.25, 0.3) is 0 Å². The second-order valence-corrected chi connectivity index (χ2v) is 2.83. The molecule has 0 aliphatic rings. The standard InChI is InChI=1S/C11H10NO/c13-12-8-6-11(7-9-12)10-4-2-1-3-5-10/h1-9,13H/q+1. The number of aromatic nitrogens is 1. The minimum atomic E-state index is 1.03. The van der Waals surface area contributed by atoms with E-state index < -0.39 is 0 Å². The third-order valence-electron chi connectivity index (χ3n) is 1.92. The highest BCUT2D eigenvalue weighted by Gasteiger charge is 1.98. The molecule has 64 valence electrons. The van der Waals surface area contributed by atoms with Gasteiger partial charge in [-0.05, 0) is 11.1 Å². The SMILES string of the molecule is O[n+]1ccc(-c2ccccc2)cc1. The largest absolute Gasteiger partial charge is 0.285 e. The van der Waals surface area contributed by atoms with Gasteiger partial charge in [0.1, 0.15) is 0 Å². The number of rotatable bonds is 1. The molecule has 1 aromatic heterocycles. The fourth-order valence-electron chi connectivity index (χ4n) is 1.24. The maximum atomic E-state index is 9.02. The van der Waals surface area contributed by atoms with Gasteiger partial charge in [-0.1, -0.05) is 30.3 Å². The first-order chi connectivity index (χ1) is 6.36. The van der Waals surface area contributed by atoms with Gasteiger partial charge in [-0.2, -0.15) is 0 Å². The lowest BCUT2D eigenvalue weighted by Crippen LogP contribution is -2.27. The molecule has 0 aliphatic heterocycles. The number of nitrogens with zero attached hydrogens (tertiary/aromatic N) is 1. The predicted octanol–water partition coefficient (Wildman–Crippen LogP) is 1.88. The van der Waals surface area contributed by atoms with Gasteiger partial charge < -0.3 is 0 Å². The van der Waals surface area contributed by atoms with Crippen LogP contribution in [0, 0.1) is 0 Å². The number of hydrogen-bond donors (Lipinski definition) is 1. The Morgan fingerprint density at radius 2 is 1.31 bits per heavy atom. The van der Waals surface area contributed by atoms with Crippen LogP contribution in [0.25, 0.3) is 11.1 Å². The van der Waals surface area contributed by atoms with Crippen molar-refractivity contribution < 1.29 is 9.94 Å². The Balaban J connectivity index is 2.42. The van der Waals surface area contributed by atoms with E-state index in [9.17, 15) is 0 Å². The molecule has 2 aromatic rings. The molecule has 1 aromatic carbocycles. The molecule has 1 N–H and O–H groups in total. The molecule has 0 fully saturated rings. The average molecular weight is 172 g/mol. The molecule has 0 saturated carbocycles. The Bertz CT molecular complexity index is 381. The predicted molar refractivity (Wildman–Crippen MR) is 49.3 cm³/mol. The average Bonchev–Trinajstić information content (AvgIpc) is 2.20. The summed E-state index contributed by atoms with van der Waals surface area (Å²) in [5.74, 6) is 0. The maximum absolute atomic E-state index is 9.02. The Hall–Kier alpha value is -1.83. The van der Waals surface area contributed by atoms with Gasteiger partial charge in [0.05, 0.1) is 0 Å². The minimum absolute atomic E-state index is 1.03. The van der Waals surface area contributed by atoms with Gasteiger partial charge in [0, 0.05) is 16.9 Å². The number of pyridine rings is 1. The molecule has 0 spiro atoms. The summed E-state index contributed by atoms with van der Waals surface area (Å²) in [5.41, 5.74) is 2.26. The summed E-state index contributed by atoms with van der Waals surface area (Å²) in [6.07, 6.45) is 3.23. The number of benzene rings is 1. The molecule has 0 saturated heterocycles. The first-order valence-corrected chi connectivity index (χ1v) is 4.12. The normalized spacial score (nSPS) is 9.85. The Labute approximate surface area is 76.7 Å². The lowest BCUT2D eigenvalue weighted by atomic mass is 10.1. The van der Waals surface area contributed by atoms with Crippen molar-refractivity contribution in [2.75, 3.05) is 0 Å². The molecule has 13 heavy (non-hydrogen) atoms. The third-order valence-corrected chi connectivity index (χ3v) is 1.92. The van der Waals surface area contributed by atoms with E-state index in [1.807, 2.05) is 42.5 Å². The molecule has 0 atom stereocenters. The summed E-state index contributed by atoms with van der Waals surface area (Å²) < 4.78 is 1.03. The van der Waals surface area contributed by atoms with Crippen LogP contribution in [0.4, 0.5) is 0 Å². The molecular weight excluding hydrogens is 162 g/mol. The van der Waals surface area contributed by atoms with E-state index >= 15 is 0 Å². The van der Waals surface area contributed by atoms with Crippen molar-refractivity contribution in [3.8, 4) is 11.1 Å². The second kappa shape index (κ2) is 3.27. The lowest BCUT2D eigenvalue weighted by molar-refractivity contribution is -0.904. The van der Waals surface area contributed by atoms with Gasteiger partial charge in [-0.3, -0.25) is 5.21 Å². The van der Waals surface area contributed by atoms with Crippen molar-refractivity contribution in [1.29, 1.82) is 0 Å². The summed E-state index contributed by atoms with van der Waals surface area (Å²) in [6.45, 7) is 0. The van der Waals surface area contributed by atoms with Crippen LogP contribution in [0.1, 0.15) is 0 Å². The van der Waals surface area contributed by atoms with Crippen molar-refractivity contribution in [3.63, 3.8) is 0 Å². The third kappa shape index (κ3) is 1.67. The molecule has 0 bridgehead atoms. The fraction of sp³-hybridized carbons (Fsp3) is 0. The van der Waals surface area contributed by atoms with Gasteiger partial charge in [0.15, 0.2) is 0 Å².